The lowest BCUT2D eigenvalue weighted by atomic mass is 9.80. The van der Waals surface area contributed by atoms with Crippen LogP contribution < -0.4 is 0 Å². The molecule has 3 aromatic carbocycles. The molecule has 0 heterocycles. The summed E-state index contributed by atoms with van der Waals surface area (Å²) in [5.74, 6) is 0.0813. The molecular weight excluding hydrogens is 328 g/mol. The second kappa shape index (κ2) is 6.66. The maximum Gasteiger partial charge on any atom is 0.150 e. The van der Waals surface area contributed by atoms with Crippen LogP contribution in [0, 0.1) is 0 Å². The summed E-state index contributed by atoms with van der Waals surface area (Å²) in [6.07, 6.45) is 3.27. The predicted octanol–water partition coefficient (Wildman–Crippen LogP) is 6.48. The van der Waals surface area contributed by atoms with Gasteiger partial charge in [0.1, 0.15) is 6.29 Å². The third kappa shape index (κ3) is 3.14. The van der Waals surface area contributed by atoms with Crippen LogP contribution in [0.1, 0.15) is 64.9 Å². The van der Waals surface area contributed by atoms with Crippen LogP contribution in [0.25, 0.3) is 11.6 Å². The molecule has 27 heavy (non-hydrogen) atoms. The van der Waals surface area contributed by atoms with E-state index in [2.05, 4.69) is 93.6 Å². The second-order valence-electron chi connectivity index (χ2n) is 8.24. The summed E-state index contributed by atoms with van der Waals surface area (Å²) in [5.41, 5.74) is 8.02. The SMILES string of the molecule is CC(C)(C)c1ccc(C2C(c3ccccc3)=Cc3ccccc32)c(C=O)c1. The third-order valence-corrected chi connectivity index (χ3v) is 5.43. The van der Waals surface area contributed by atoms with Gasteiger partial charge >= 0.3 is 0 Å². The molecule has 4 rings (SSSR count). The highest BCUT2D eigenvalue weighted by Gasteiger charge is 2.29. The molecule has 0 fully saturated rings. The van der Waals surface area contributed by atoms with E-state index in [-0.39, 0.29) is 11.3 Å². The van der Waals surface area contributed by atoms with Gasteiger partial charge in [-0.1, -0.05) is 87.5 Å². The number of hydrogen-bond donors (Lipinski definition) is 0. The van der Waals surface area contributed by atoms with Gasteiger partial charge in [0.25, 0.3) is 0 Å². The fraction of sp³-hybridized carbons (Fsp3) is 0.192. The summed E-state index contributed by atoms with van der Waals surface area (Å²) >= 11 is 0. The molecule has 3 aromatic rings. The largest absolute Gasteiger partial charge is 0.298 e. The van der Waals surface area contributed by atoms with Gasteiger partial charge in [0.15, 0.2) is 0 Å². The van der Waals surface area contributed by atoms with Crippen LogP contribution in [0.4, 0.5) is 0 Å². The van der Waals surface area contributed by atoms with Gasteiger partial charge in [-0.05, 0) is 50.9 Å². The van der Waals surface area contributed by atoms with Crippen molar-refractivity contribution in [1.82, 2.24) is 0 Å². The second-order valence-corrected chi connectivity index (χ2v) is 8.24. The number of aldehydes is 1. The smallest absolute Gasteiger partial charge is 0.150 e. The molecule has 0 aliphatic heterocycles. The Morgan fingerprint density at radius 1 is 0.815 bits per heavy atom. The topological polar surface area (TPSA) is 17.1 Å². The molecule has 0 bridgehead atoms. The van der Waals surface area contributed by atoms with Crippen LogP contribution in [0.3, 0.4) is 0 Å². The van der Waals surface area contributed by atoms with Crippen molar-refractivity contribution < 1.29 is 4.79 Å². The van der Waals surface area contributed by atoms with E-state index in [1.807, 2.05) is 6.07 Å². The predicted molar refractivity (Wildman–Crippen MR) is 113 cm³/mol. The van der Waals surface area contributed by atoms with Crippen molar-refractivity contribution in [2.75, 3.05) is 0 Å². The minimum Gasteiger partial charge on any atom is -0.298 e. The van der Waals surface area contributed by atoms with Gasteiger partial charge < -0.3 is 0 Å². The van der Waals surface area contributed by atoms with Gasteiger partial charge in [0.2, 0.25) is 0 Å². The molecule has 1 nitrogen and oxygen atoms in total. The molecule has 0 spiro atoms. The highest BCUT2D eigenvalue weighted by Crippen LogP contribution is 2.46. The first-order valence-corrected chi connectivity index (χ1v) is 9.44. The number of benzene rings is 3. The van der Waals surface area contributed by atoms with Gasteiger partial charge in [-0.15, -0.1) is 0 Å². The quantitative estimate of drug-likeness (QED) is 0.493. The number of allylic oxidation sites excluding steroid dienone is 1. The standard InChI is InChI=1S/C26H24O/c1-26(2,3)21-13-14-23(20(15-21)17-27)25-22-12-8-7-11-19(22)16-24(25)18-9-5-4-6-10-18/h4-17,25H,1-3H3. The van der Waals surface area contributed by atoms with E-state index in [4.69, 9.17) is 0 Å². The molecule has 1 aliphatic rings. The highest BCUT2D eigenvalue weighted by atomic mass is 16.1. The summed E-state index contributed by atoms with van der Waals surface area (Å²) in [7, 11) is 0. The first-order valence-electron chi connectivity index (χ1n) is 9.44. The van der Waals surface area contributed by atoms with E-state index in [1.165, 1.54) is 27.8 Å². The average Bonchev–Trinajstić information content (AvgIpc) is 3.07. The summed E-state index contributed by atoms with van der Waals surface area (Å²) < 4.78 is 0. The zero-order chi connectivity index (χ0) is 19.0. The van der Waals surface area contributed by atoms with Crippen molar-refractivity contribution in [3.05, 3.63) is 106 Å². The normalized spacial score (nSPS) is 16.0. The fourth-order valence-electron chi connectivity index (χ4n) is 3.95. The van der Waals surface area contributed by atoms with Crippen molar-refractivity contribution >= 4 is 17.9 Å². The summed E-state index contributed by atoms with van der Waals surface area (Å²) in [4.78, 5) is 12.0. The molecule has 134 valence electrons. The van der Waals surface area contributed by atoms with Gasteiger partial charge in [0.05, 0.1) is 0 Å². The molecular formula is C26H24O. The Kier molecular flexibility index (Phi) is 4.31. The molecule has 1 unspecified atom stereocenters. The number of carbonyl (C=O) groups is 1. The van der Waals surface area contributed by atoms with E-state index in [0.29, 0.717) is 0 Å². The summed E-state index contributed by atoms with van der Waals surface area (Å²) in [5, 5.41) is 0. The summed E-state index contributed by atoms with van der Waals surface area (Å²) in [6.45, 7) is 6.53. The summed E-state index contributed by atoms with van der Waals surface area (Å²) in [6, 6.07) is 25.3. The van der Waals surface area contributed by atoms with Crippen LogP contribution in [-0.4, -0.2) is 6.29 Å². The molecule has 0 aromatic heterocycles. The molecule has 0 saturated carbocycles. The van der Waals surface area contributed by atoms with E-state index in [0.717, 1.165) is 17.4 Å². The number of carbonyl (C=O) groups excluding carboxylic acids is 1. The Hall–Kier alpha value is -2.93. The molecule has 1 atom stereocenters. The molecule has 0 radical (unpaired) electrons. The average molecular weight is 352 g/mol. The van der Waals surface area contributed by atoms with Crippen molar-refractivity contribution in [2.45, 2.75) is 32.1 Å². The number of hydrogen-bond acceptors (Lipinski definition) is 1. The monoisotopic (exact) mass is 352 g/mol. The Labute approximate surface area is 161 Å². The minimum atomic E-state index is 0.0158. The molecule has 1 heteroatoms. The molecule has 0 saturated heterocycles. The number of fused-ring (bicyclic) bond motifs is 1. The Morgan fingerprint density at radius 3 is 2.22 bits per heavy atom. The Bertz CT molecular complexity index is 1020. The van der Waals surface area contributed by atoms with E-state index >= 15 is 0 Å². The highest BCUT2D eigenvalue weighted by molar-refractivity contribution is 5.95. The van der Waals surface area contributed by atoms with E-state index < -0.39 is 0 Å². The number of rotatable bonds is 3. The molecule has 0 amide bonds. The first kappa shape index (κ1) is 17.5. The van der Waals surface area contributed by atoms with Crippen LogP contribution in [0.2, 0.25) is 0 Å². The first-order chi connectivity index (χ1) is 13.0. The van der Waals surface area contributed by atoms with Crippen LogP contribution in [-0.2, 0) is 5.41 Å². The van der Waals surface area contributed by atoms with E-state index in [9.17, 15) is 4.79 Å². The van der Waals surface area contributed by atoms with Gasteiger partial charge in [-0.3, -0.25) is 4.79 Å². The van der Waals surface area contributed by atoms with Crippen molar-refractivity contribution in [3.63, 3.8) is 0 Å². The van der Waals surface area contributed by atoms with Crippen molar-refractivity contribution in [2.24, 2.45) is 0 Å². The fourth-order valence-corrected chi connectivity index (χ4v) is 3.95. The van der Waals surface area contributed by atoms with Gasteiger partial charge in [-0.25, -0.2) is 0 Å². The van der Waals surface area contributed by atoms with E-state index in [1.54, 1.807) is 0 Å². The Morgan fingerprint density at radius 2 is 1.52 bits per heavy atom. The Balaban J connectivity index is 1.90. The zero-order valence-electron chi connectivity index (χ0n) is 16.1. The lowest BCUT2D eigenvalue weighted by Gasteiger charge is -2.24. The lowest BCUT2D eigenvalue weighted by Crippen LogP contribution is -2.13. The van der Waals surface area contributed by atoms with Gasteiger partial charge in [0, 0.05) is 11.5 Å². The lowest BCUT2D eigenvalue weighted by molar-refractivity contribution is 0.112. The maximum atomic E-state index is 12.0. The van der Waals surface area contributed by atoms with Crippen LogP contribution >= 0.6 is 0 Å². The minimum absolute atomic E-state index is 0.0158. The van der Waals surface area contributed by atoms with Gasteiger partial charge in [-0.2, -0.15) is 0 Å². The zero-order valence-corrected chi connectivity index (χ0v) is 16.1. The van der Waals surface area contributed by atoms with Crippen molar-refractivity contribution in [1.29, 1.82) is 0 Å². The third-order valence-electron chi connectivity index (χ3n) is 5.43. The van der Waals surface area contributed by atoms with Crippen LogP contribution in [0.15, 0.2) is 72.8 Å². The maximum absolute atomic E-state index is 12.0. The molecule has 0 N–H and O–H groups in total. The van der Waals surface area contributed by atoms with Crippen molar-refractivity contribution in [3.8, 4) is 0 Å². The molecule has 1 aliphatic carbocycles. The van der Waals surface area contributed by atoms with Crippen LogP contribution in [0.5, 0.6) is 0 Å².